The molecule has 5 nitrogen and oxygen atoms in total. The molecule has 1 saturated heterocycles. The third-order valence-electron chi connectivity index (χ3n) is 6.18. The van der Waals surface area contributed by atoms with Gasteiger partial charge in [0, 0.05) is 31.4 Å². The summed E-state index contributed by atoms with van der Waals surface area (Å²) in [7, 11) is 0. The van der Waals surface area contributed by atoms with Crippen LogP contribution in [0.15, 0.2) is 79.5 Å². The van der Waals surface area contributed by atoms with Gasteiger partial charge in [0.2, 0.25) is 0 Å². The van der Waals surface area contributed by atoms with Crippen molar-refractivity contribution in [2.24, 2.45) is 0 Å². The second-order valence-corrected chi connectivity index (χ2v) is 8.57. The van der Waals surface area contributed by atoms with E-state index in [0.29, 0.717) is 24.1 Å². The molecule has 0 saturated carbocycles. The minimum Gasteiger partial charge on any atom is -0.477 e. The Bertz CT molecular complexity index is 1130. The van der Waals surface area contributed by atoms with E-state index in [4.69, 9.17) is 4.74 Å². The SMILES string of the molecule is C=CCc1ccc(C(OC2CCN(Cc3cccnc3C(=O)O)CC2)c2ccccc2)c(F)c1. The van der Waals surface area contributed by atoms with E-state index in [9.17, 15) is 9.90 Å². The summed E-state index contributed by atoms with van der Waals surface area (Å²) in [4.78, 5) is 17.7. The number of carbonyl (C=O) groups is 1. The van der Waals surface area contributed by atoms with Crippen molar-refractivity contribution in [2.45, 2.75) is 38.0 Å². The smallest absolute Gasteiger partial charge is 0.354 e. The lowest BCUT2D eigenvalue weighted by Gasteiger charge is -2.34. The van der Waals surface area contributed by atoms with E-state index >= 15 is 4.39 Å². The first-order valence-electron chi connectivity index (χ1n) is 11.5. The summed E-state index contributed by atoms with van der Waals surface area (Å²) in [6.45, 7) is 5.79. The lowest BCUT2D eigenvalue weighted by atomic mass is 9.97. The van der Waals surface area contributed by atoms with Crippen LogP contribution in [0.5, 0.6) is 0 Å². The highest BCUT2D eigenvalue weighted by molar-refractivity contribution is 5.86. The first-order chi connectivity index (χ1) is 16.5. The molecule has 0 aliphatic carbocycles. The van der Waals surface area contributed by atoms with Crippen molar-refractivity contribution in [1.29, 1.82) is 0 Å². The number of benzene rings is 2. The van der Waals surface area contributed by atoms with E-state index in [1.165, 1.54) is 6.20 Å². The number of hydrogen-bond donors (Lipinski definition) is 1. The lowest BCUT2D eigenvalue weighted by molar-refractivity contribution is -0.0293. The molecule has 1 N–H and O–H groups in total. The van der Waals surface area contributed by atoms with Crippen molar-refractivity contribution in [3.8, 4) is 0 Å². The Labute approximate surface area is 199 Å². The van der Waals surface area contributed by atoms with Gasteiger partial charge in [0.05, 0.1) is 6.10 Å². The highest BCUT2D eigenvalue weighted by Crippen LogP contribution is 2.32. The first-order valence-corrected chi connectivity index (χ1v) is 11.5. The number of piperidine rings is 1. The number of aromatic carboxylic acids is 1. The van der Waals surface area contributed by atoms with Crippen molar-refractivity contribution in [2.75, 3.05) is 13.1 Å². The summed E-state index contributed by atoms with van der Waals surface area (Å²) in [6.07, 6.45) is 4.92. The summed E-state index contributed by atoms with van der Waals surface area (Å²) in [5.74, 6) is -1.29. The summed E-state index contributed by atoms with van der Waals surface area (Å²) in [5, 5.41) is 9.39. The van der Waals surface area contributed by atoms with Crippen LogP contribution >= 0.6 is 0 Å². The predicted molar refractivity (Wildman–Crippen MR) is 129 cm³/mol. The Morgan fingerprint density at radius 3 is 2.62 bits per heavy atom. The van der Waals surface area contributed by atoms with Gasteiger partial charge in [0.25, 0.3) is 0 Å². The third kappa shape index (κ3) is 5.76. The molecule has 0 spiro atoms. The average molecular weight is 461 g/mol. The number of nitrogens with zero attached hydrogens (tertiary/aromatic N) is 2. The number of rotatable bonds is 9. The Morgan fingerprint density at radius 2 is 1.94 bits per heavy atom. The maximum atomic E-state index is 15.1. The minimum atomic E-state index is -1.01. The second-order valence-electron chi connectivity index (χ2n) is 8.57. The molecule has 1 unspecified atom stereocenters. The molecule has 2 heterocycles. The number of carboxylic acid groups (broad SMARTS) is 1. The van der Waals surface area contributed by atoms with Crippen molar-refractivity contribution in [1.82, 2.24) is 9.88 Å². The number of carboxylic acids is 1. The number of ether oxygens (including phenoxy) is 1. The van der Waals surface area contributed by atoms with Crippen LogP contribution in [-0.4, -0.2) is 40.2 Å². The molecular formula is C28H29FN2O3. The molecule has 0 radical (unpaired) electrons. The fourth-order valence-corrected chi connectivity index (χ4v) is 4.43. The van der Waals surface area contributed by atoms with Gasteiger partial charge >= 0.3 is 5.97 Å². The van der Waals surface area contributed by atoms with Crippen molar-refractivity contribution < 1.29 is 19.0 Å². The molecule has 1 atom stereocenters. The van der Waals surface area contributed by atoms with E-state index in [2.05, 4.69) is 16.5 Å². The standard InChI is InChI=1S/C28H29FN2O3/c1-2-7-20-11-12-24(25(29)18-20)27(21-8-4-3-5-9-21)34-23-13-16-31(17-14-23)19-22-10-6-15-30-26(22)28(32)33/h2-6,8-12,15,18,23,27H,1,7,13-14,16-17,19H2,(H,32,33). The monoisotopic (exact) mass is 460 g/mol. The molecule has 4 rings (SSSR count). The molecular weight excluding hydrogens is 431 g/mol. The zero-order chi connectivity index (χ0) is 23.9. The summed E-state index contributed by atoms with van der Waals surface area (Å²) < 4.78 is 21.6. The molecule has 34 heavy (non-hydrogen) atoms. The molecule has 1 aromatic heterocycles. The van der Waals surface area contributed by atoms with Gasteiger partial charge in [-0.05, 0) is 48.1 Å². The van der Waals surface area contributed by atoms with Crippen LogP contribution in [0.1, 0.15) is 51.7 Å². The molecule has 1 aliphatic heterocycles. The molecule has 176 valence electrons. The van der Waals surface area contributed by atoms with Crippen molar-refractivity contribution in [3.05, 3.63) is 113 Å². The maximum absolute atomic E-state index is 15.1. The number of hydrogen-bond acceptors (Lipinski definition) is 4. The summed E-state index contributed by atoms with van der Waals surface area (Å²) in [6, 6.07) is 18.6. The molecule has 2 aromatic carbocycles. The number of halogens is 1. The van der Waals surface area contributed by atoms with Crippen LogP contribution in [0, 0.1) is 5.82 Å². The number of aromatic nitrogens is 1. The largest absolute Gasteiger partial charge is 0.477 e. The van der Waals surface area contributed by atoms with Gasteiger partial charge in [0.1, 0.15) is 11.9 Å². The van der Waals surface area contributed by atoms with Crippen LogP contribution < -0.4 is 0 Å². The van der Waals surface area contributed by atoms with E-state index in [-0.39, 0.29) is 17.6 Å². The Kier molecular flexibility index (Phi) is 7.83. The number of pyridine rings is 1. The lowest BCUT2D eigenvalue weighted by Crippen LogP contribution is -2.37. The topological polar surface area (TPSA) is 62.7 Å². The van der Waals surface area contributed by atoms with Crippen molar-refractivity contribution in [3.63, 3.8) is 0 Å². The van der Waals surface area contributed by atoms with Gasteiger partial charge in [-0.15, -0.1) is 6.58 Å². The quantitative estimate of drug-likeness (QED) is 0.432. The summed E-state index contributed by atoms with van der Waals surface area (Å²) >= 11 is 0. The van der Waals surface area contributed by atoms with Crippen LogP contribution in [-0.2, 0) is 17.7 Å². The molecule has 6 heteroatoms. The fourth-order valence-electron chi connectivity index (χ4n) is 4.43. The minimum absolute atomic E-state index is 0.0263. The van der Waals surface area contributed by atoms with Crippen LogP contribution in [0.2, 0.25) is 0 Å². The van der Waals surface area contributed by atoms with Gasteiger partial charge in [-0.3, -0.25) is 4.90 Å². The highest BCUT2D eigenvalue weighted by atomic mass is 19.1. The molecule has 1 aliphatic rings. The van der Waals surface area contributed by atoms with Crippen LogP contribution in [0.25, 0.3) is 0 Å². The molecule has 0 amide bonds. The van der Waals surface area contributed by atoms with Crippen LogP contribution in [0.4, 0.5) is 4.39 Å². The van der Waals surface area contributed by atoms with Crippen LogP contribution in [0.3, 0.4) is 0 Å². The zero-order valence-electron chi connectivity index (χ0n) is 19.1. The molecule has 0 bridgehead atoms. The first kappa shape index (κ1) is 23.8. The Morgan fingerprint density at radius 1 is 1.18 bits per heavy atom. The van der Waals surface area contributed by atoms with E-state index < -0.39 is 12.1 Å². The van der Waals surface area contributed by atoms with Gasteiger partial charge < -0.3 is 9.84 Å². The van der Waals surface area contributed by atoms with Crippen molar-refractivity contribution >= 4 is 5.97 Å². The number of allylic oxidation sites excluding steroid dienone is 1. The van der Waals surface area contributed by atoms with Gasteiger partial charge in [-0.25, -0.2) is 14.2 Å². The average Bonchev–Trinajstić information content (AvgIpc) is 2.85. The second kappa shape index (κ2) is 11.2. The maximum Gasteiger partial charge on any atom is 0.354 e. The highest BCUT2D eigenvalue weighted by Gasteiger charge is 2.27. The van der Waals surface area contributed by atoms with E-state index in [0.717, 1.165) is 37.1 Å². The Balaban J connectivity index is 1.46. The van der Waals surface area contributed by atoms with Gasteiger partial charge in [-0.2, -0.15) is 0 Å². The van der Waals surface area contributed by atoms with E-state index in [1.54, 1.807) is 18.2 Å². The molecule has 3 aromatic rings. The van der Waals surface area contributed by atoms with E-state index in [1.807, 2.05) is 48.5 Å². The molecule has 1 fully saturated rings. The van der Waals surface area contributed by atoms with Gasteiger partial charge in [-0.1, -0.05) is 54.6 Å². The predicted octanol–water partition coefficient (Wildman–Crippen LogP) is 5.42. The third-order valence-corrected chi connectivity index (χ3v) is 6.18. The fraction of sp³-hybridized carbons (Fsp3) is 0.286. The normalized spacial score (nSPS) is 15.7. The summed E-state index contributed by atoms with van der Waals surface area (Å²) in [5.41, 5.74) is 3.13. The van der Waals surface area contributed by atoms with Gasteiger partial charge in [0.15, 0.2) is 5.69 Å². The zero-order valence-corrected chi connectivity index (χ0v) is 19.1. The Hall–Kier alpha value is -3.35. The number of likely N-dealkylation sites (tertiary alicyclic amines) is 1.